The second-order valence-corrected chi connectivity index (χ2v) is 5.02. The lowest BCUT2D eigenvalue weighted by Gasteiger charge is -2.05. The van der Waals surface area contributed by atoms with Crippen molar-refractivity contribution >= 4 is 23.3 Å². The van der Waals surface area contributed by atoms with Gasteiger partial charge in [0.05, 0.1) is 11.6 Å². The van der Waals surface area contributed by atoms with Crippen LogP contribution < -0.4 is 10.6 Å². The lowest BCUT2D eigenvalue weighted by molar-refractivity contribution is 0.0948. The topological polar surface area (TPSA) is 80.3 Å². The van der Waals surface area contributed by atoms with E-state index >= 15 is 0 Å². The Kier molecular flexibility index (Phi) is 6.27. The average Bonchev–Trinajstić information content (AvgIpc) is 2.84. The number of amides is 2. The van der Waals surface area contributed by atoms with Crippen molar-refractivity contribution in [2.75, 3.05) is 19.7 Å². The molecule has 0 aromatic carbocycles. The Morgan fingerprint density at radius 1 is 1.37 bits per heavy atom. The molecule has 0 unspecified atom stereocenters. The van der Waals surface area contributed by atoms with Crippen molar-refractivity contribution < 1.29 is 14.3 Å². The van der Waals surface area contributed by atoms with Crippen LogP contribution in [0.2, 0.25) is 0 Å². The van der Waals surface area contributed by atoms with Gasteiger partial charge >= 0.3 is 6.09 Å². The summed E-state index contributed by atoms with van der Waals surface area (Å²) < 4.78 is 4.69. The number of carbonyl (C=O) groups excluding carboxylic acids is 2. The quantitative estimate of drug-likeness (QED) is 0.780. The van der Waals surface area contributed by atoms with E-state index in [2.05, 4.69) is 20.4 Å². The second-order valence-electron chi connectivity index (χ2n) is 4.13. The fraction of sp³-hybridized carbons (Fsp3) is 0.583. The number of rotatable bonds is 6. The molecule has 6 nitrogen and oxygen atoms in total. The van der Waals surface area contributed by atoms with Crippen molar-refractivity contribution in [2.24, 2.45) is 0 Å². The predicted molar refractivity (Wildman–Crippen MR) is 73.6 cm³/mol. The van der Waals surface area contributed by atoms with Gasteiger partial charge in [-0.05, 0) is 6.92 Å². The van der Waals surface area contributed by atoms with E-state index in [0.29, 0.717) is 31.3 Å². The summed E-state index contributed by atoms with van der Waals surface area (Å²) in [5.41, 5.74) is 0.421. The molecule has 1 rings (SSSR count). The Morgan fingerprint density at radius 3 is 2.63 bits per heavy atom. The maximum absolute atomic E-state index is 11.7. The molecule has 19 heavy (non-hydrogen) atoms. The second kappa shape index (κ2) is 7.73. The number of carbonyl (C=O) groups is 2. The Morgan fingerprint density at radius 2 is 2.05 bits per heavy atom. The van der Waals surface area contributed by atoms with E-state index in [-0.39, 0.29) is 5.91 Å². The van der Waals surface area contributed by atoms with Crippen LogP contribution in [-0.2, 0) is 4.74 Å². The Hall–Kier alpha value is -1.63. The number of ether oxygens (including phenoxy) is 1. The predicted octanol–water partition coefficient (Wildman–Crippen LogP) is 1.74. The minimum Gasteiger partial charge on any atom is -0.450 e. The van der Waals surface area contributed by atoms with Crippen LogP contribution in [0.5, 0.6) is 0 Å². The maximum Gasteiger partial charge on any atom is 0.407 e. The Labute approximate surface area is 116 Å². The molecule has 106 valence electrons. The average molecular weight is 285 g/mol. The van der Waals surface area contributed by atoms with E-state index in [1.54, 1.807) is 12.3 Å². The normalized spacial score (nSPS) is 10.3. The van der Waals surface area contributed by atoms with E-state index < -0.39 is 6.09 Å². The van der Waals surface area contributed by atoms with Gasteiger partial charge in [0.15, 0.2) is 0 Å². The first-order chi connectivity index (χ1) is 9.04. The summed E-state index contributed by atoms with van der Waals surface area (Å²) in [4.78, 5) is 27.0. The summed E-state index contributed by atoms with van der Waals surface area (Å²) in [5.74, 6) is 0.0887. The van der Waals surface area contributed by atoms with Crippen LogP contribution in [0, 0.1) is 0 Å². The molecule has 1 heterocycles. The molecule has 2 amide bonds. The molecule has 0 spiro atoms. The monoisotopic (exact) mass is 285 g/mol. The highest BCUT2D eigenvalue weighted by Gasteiger charge is 2.11. The third-order valence-corrected chi connectivity index (χ3v) is 3.35. The van der Waals surface area contributed by atoms with Gasteiger partial charge in [0.2, 0.25) is 0 Å². The molecule has 0 aliphatic heterocycles. The molecular formula is C12H19N3O3S. The van der Waals surface area contributed by atoms with Gasteiger partial charge in [0.1, 0.15) is 5.69 Å². The van der Waals surface area contributed by atoms with Crippen LogP contribution in [0.4, 0.5) is 4.79 Å². The fourth-order valence-corrected chi connectivity index (χ4v) is 2.09. The van der Waals surface area contributed by atoms with Gasteiger partial charge in [-0.3, -0.25) is 4.79 Å². The first-order valence-electron chi connectivity index (χ1n) is 6.18. The number of alkyl carbamates (subject to hydrolysis) is 1. The lowest BCUT2D eigenvalue weighted by atomic mass is 10.2. The molecule has 0 aliphatic rings. The number of nitrogens with zero attached hydrogens (tertiary/aromatic N) is 1. The number of hydrogen-bond donors (Lipinski definition) is 2. The summed E-state index contributed by atoms with van der Waals surface area (Å²) in [6.07, 6.45) is -0.479. The summed E-state index contributed by atoms with van der Waals surface area (Å²) >= 11 is 1.47. The van der Waals surface area contributed by atoms with Crippen molar-refractivity contribution in [3.63, 3.8) is 0 Å². The first kappa shape index (κ1) is 15.4. The summed E-state index contributed by atoms with van der Waals surface area (Å²) in [6, 6.07) is 0. The van der Waals surface area contributed by atoms with E-state index in [1.165, 1.54) is 11.3 Å². The lowest BCUT2D eigenvalue weighted by Crippen LogP contribution is -2.35. The van der Waals surface area contributed by atoms with Gasteiger partial charge in [-0.25, -0.2) is 9.78 Å². The van der Waals surface area contributed by atoms with Gasteiger partial charge in [-0.2, -0.15) is 0 Å². The molecule has 2 N–H and O–H groups in total. The Bertz CT molecular complexity index is 432. The van der Waals surface area contributed by atoms with Gasteiger partial charge in [-0.15, -0.1) is 11.3 Å². The molecular weight excluding hydrogens is 266 g/mol. The number of hydrogen-bond acceptors (Lipinski definition) is 5. The number of thiazole rings is 1. The van der Waals surface area contributed by atoms with Gasteiger partial charge in [0, 0.05) is 24.4 Å². The molecule has 0 radical (unpaired) electrons. The summed E-state index contributed by atoms with van der Waals surface area (Å²) in [7, 11) is 0. The molecule has 0 saturated carbocycles. The van der Waals surface area contributed by atoms with Crippen LogP contribution in [0.15, 0.2) is 5.38 Å². The smallest absolute Gasteiger partial charge is 0.407 e. The zero-order valence-corrected chi connectivity index (χ0v) is 12.2. The number of nitrogens with one attached hydrogen (secondary N) is 2. The highest BCUT2D eigenvalue weighted by Crippen LogP contribution is 2.18. The van der Waals surface area contributed by atoms with E-state index in [9.17, 15) is 9.59 Å². The summed E-state index contributed by atoms with van der Waals surface area (Å²) in [6.45, 7) is 6.79. The minimum atomic E-state index is -0.479. The highest BCUT2D eigenvalue weighted by molar-refractivity contribution is 7.09. The van der Waals surface area contributed by atoms with Crippen molar-refractivity contribution in [3.8, 4) is 0 Å². The van der Waals surface area contributed by atoms with Crippen LogP contribution in [0.3, 0.4) is 0 Å². The molecule has 1 aromatic heterocycles. The van der Waals surface area contributed by atoms with Crippen molar-refractivity contribution in [1.29, 1.82) is 0 Å². The summed E-state index contributed by atoms with van der Waals surface area (Å²) in [5, 5.41) is 7.88. The first-order valence-corrected chi connectivity index (χ1v) is 7.06. The fourth-order valence-electron chi connectivity index (χ4n) is 1.27. The molecule has 0 aliphatic carbocycles. The number of aromatic nitrogens is 1. The molecule has 0 fully saturated rings. The maximum atomic E-state index is 11.7. The largest absolute Gasteiger partial charge is 0.450 e. The highest BCUT2D eigenvalue weighted by atomic mass is 32.1. The van der Waals surface area contributed by atoms with Crippen LogP contribution in [0.25, 0.3) is 0 Å². The van der Waals surface area contributed by atoms with Crippen LogP contribution in [-0.4, -0.2) is 36.7 Å². The molecule has 0 atom stereocenters. The minimum absolute atomic E-state index is 0.228. The van der Waals surface area contributed by atoms with E-state index in [0.717, 1.165) is 5.01 Å². The molecule has 0 saturated heterocycles. The van der Waals surface area contributed by atoms with Gasteiger partial charge in [0.25, 0.3) is 5.91 Å². The van der Waals surface area contributed by atoms with Crippen molar-refractivity contribution in [3.05, 3.63) is 16.1 Å². The molecule has 7 heteroatoms. The van der Waals surface area contributed by atoms with E-state index in [4.69, 9.17) is 0 Å². The van der Waals surface area contributed by atoms with Crippen LogP contribution >= 0.6 is 11.3 Å². The van der Waals surface area contributed by atoms with Crippen molar-refractivity contribution in [1.82, 2.24) is 15.6 Å². The van der Waals surface area contributed by atoms with Gasteiger partial charge in [-0.1, -0.05) is 13.8 Å². The standard InChI is InChI=1S/C12H19N3O3S/c1-4-18-12(17)14-6-5-13-10(16)9-7-19-11(15-9)8(2)3/h7-8H,4-6H2,1-3H3,(H,13,16)(H,14,17). The third kappa shape index (κ3) is 5.25. The molecule has 0 bridgehead atoms. The molecule has 1 aromatic rings. The zero-order chi connectivity index (χ0) is 14.3. The SMILES string of the molecule is CCOC(=O)NCCNC(=O)c1csc(C(C)C)n1. The van der Waals surface area contributed by atoms with Crippen LogP contribution in [0.1, 0.15) is 42.2 Å². The van der Waals surface area contributed by atoms with Gasteiger partial charge < -0.3 is 15.4 Å². The van der Waals surface area contributed by atoms with Crippen molar-refractivity contribution in [2.45, 2.75) is 26.7 Å². The zero-order valence-electron chi connectivity index (χ0n) is 11.4. The Balaban J connectivity index is 2.29. The van der Waals surface area contributed by atoms with E-state index in [1.807, 2.05) is 13.8 Å². The third-order valence-electron chi connectivity index (χ3n) is 2.20.